The molecule has 0 unspecified atom stereocenters. The van der Waals surface area contributed by atoms with E-state index in [1.165, 1.54) is 48.6 Å². The second-order valence-corrected chi connectivity index (χ2v) is 8.03. The molecule has 27 heavy (non-hydrogen) atoms. The number of benzene rings is 2. The highest BCUT2D eigenvalue weighted by Gasteiger charge is 2.34. The van der Waals surface area contributed by atoms with Gasteiger partial charge in [-0.2, -0.15) is 0 Å². The van der Waals surface area contributed by atoms with Gasteiger partial charge in [-0.15, -0.1) is 0 Å². The Bertz CT molecular complexity index is 1200. The second-order valence-electron chi connectivity index (χ2n) is 6.25. The van der Waals surface area contributed by atoms with Crippen LogP contribution in [0.4, 0.5) is 0 Å². The molecule has 0 atom stereocenters. The number of hydrogen-bond donors (Lipinski definition) is 2. The Balaban J connectivity index is 2.02. The van der Waals surface area contributed by atoms with E-state index in [4.69, 9.17) is 0 Å². The van der Waals surface area contributed by atoms with E-state index in [2.05, 4.69) is 0 Å². The number of fused-ring (bicyclic) bond motifs is 1. The summed E-state index contributed by atoms with van der Waals surface area (Å²) in [6, 6.07) is 13.6. The Labute approximate surface area is 155 Å². The monoisotopic (exact) mass is 381 g/mol. The van der Waals surface area contributed by atoms with E-state index in [1.54, 1.807) is 30.3 Å². The molecule has 0 spiro atoms. The minimum absolute atomic E-state index is 0.0358. The van der Waals surface area contributed by atoms with Crippen molar-refractivity contribution in [3.8, 4) is 5.75 Å². The average molecular weight is 381 g/mol. The summed E-state index contributed by atoms with van der Waals surface area (Å²) in [5.74, 6) is -0.342. The molecule has 0 radical (unpaired) electrons. The largest absolute Gasteiger partial charge is 0.508 e. The third-order valence-corrected chi connectivity index (χ3v) is 6.20. The van der Waals surface area contributed by atoms with Crippen molar-refractivity contribution in [2.45, 2.75) is 10.5 Å². The lowest BCUT2D eigenvalue weighted by Crippen LogP contribution is -2.29. The Morgan fingerprint density at radius 1 is 0.926 bits per heavy atom. The molecule has 0 fully saturated rings. The summed E-state index contributed by atoms with van der Waals surface area (Å²) >= 11 is 0. The molecule has 0 aliphatic heterocycles. The fourth-order valence-electron chi connectivity index (χ4n) is 3.09. The van der Waals surface area contributed by atoms with Gasteiger partial charge in [-0.25, -0.2) is 12.4 Å². The van der Waals surface area contributed by atoms with Crippen molar-refractivity contribution in [2.24, 2.45) is 0 Å². The summed E-state index contributed by atoms with van der Waals surface area (Å²) < 4.78 is 27.8. The van der Waals surface area contributed by atoms with Crippen LogP contribution in [-0.4, -0.2) is 28.4 Å². The van der Waals surface area contributed by atoms with Crippen molar-refractivity contribution in [1.29, 1.82) is 0 Å². The van der Waals surface area contributed by atoms with Gasteiger partial charge in [0.2, 0.25) is 0 Å². The van der Waals surface area contributed by atoms with Crippen LogP contribution in [0.15, 0.2) is 83.8 Å². The topological polar surface area (TPSA) is 96.6 Å². The van der Waals surface area contributed by atoms with Gasteiger partial charge in [0.25, 0.3) is 10.0 Å². The summed E-state index contributed by atoms with van der Waals surface area (Å²) in [7, 11) is -4.08. The maximum Gasteiger partial charge on any atom is 0.268 e. The molecule has 4 rings (SSSR count). The van der Waals surface area contributed by atoms with E-state index in [0.717, 1.165) is 3.97 Å². The van der Waals surface area contributed by atoms with Gasteiger partial charge in [-0.1, -0.05) is 18.2 Å². The number of carbonyl (C=O) groups is 1. The molecule has 6 nitrogen and oxygen atoms in total. The first-order valence-corrected chi connectivity index (χ1v) is 9.56. The number of nitrogens with zero attached hydrogens (tertiary/aromatic N) is 1. The first-order chi connectivity index (χ1) is 12.8. The van der Waals surface area contributed by atoms with Crippen LogP contribution in [0.1, 0.15) is 5.69 Å². The van der Waals surface area contributed by atoms with Gasteiger partial charge in [0.15, 0.2) is 5.78 Å². The highest BCUT2D eigenvalue weighted by molar-refractivity contribution is 7.90. The number of rotatable bonds is 3. The third-order valence-electron chi connectivity index (χ3n) is 4.46. The first-order valence-electron chi connectivity index (χ1n) is 8.12. The predicted molar refractivity (Wildman–Crippen MR) is 99.8 cm³/mol. The Hall–Kier alpha value is -3.16. The van der Waals surface area contributed by atoms with Gasteiger partial charge in [0.1, 0.15) is 11.4 Å². The number of para-hydroxylation sites is 1. The molecule has 3 aromatic rings. The maximum atomic E-state index is 13.3. The minimum atomic E-state index is -4.08. The van der Waals surface area contributed by atoms with Crippen LogP contribution >= 0.6 is 0 Å². The van der Waals surface area contributed by atoms with E-state index >= 15 is 0 Å². The number of carbonyl (C=O) groups excluding carboxylic acids is 1. The molecule has 0 bridgehead atoms. The molecular weight excluding hydrogens is 366 g/mol. The number of phenolic OH excluding ortho intramolecular Hbond substituents is 1. The number of aromatic hydroxyl groups is 1. The Morgan fingerprint density at radius 2 is 1.56 bits per heavy atom. The van der Waals surface area contributed by atoms with Crippen molar-refractivity contribution < 1.29 is 23.4 Å². The number of aromatic nitrogens is 1. The SMILES string of the molecule is O=C1C=CC(O)(c2cc3ccccc3n2S(=O)(=O)c2ccc(O)cc2)C=C1. The van der Waals surface area contributed by atoms with E-state index in [0.29, 0.717) is 10.9 Å². The number of phenols is 1. The fraction of sp³-hybridized carbons (Fsp3) is 0.0500. The fourth-order valence-corrected chi connectivity index (χ4v) is 4.67. The summed E-state index contributed by atoms with van der Waals surface area (Å²) in [5.41, 5.74) is -1.26. The van der Waals surface area contributed by atoms with Crippen molar-refractivity contribution in [3.05, 3.63) is 84.6 Å². The number of aliphatic hydroxyl groups is 1. The van der Waals surface area contributed by atoms with Crippen molar-refractivity contribution in [3.63, 3.8) is 0 Å². The van der Waals surface area contributed by atoms with Crippen LogP contribution in [0.25, 0.3) is 10.9 Å². The van der Waals surface area contributed by atoms with Gasteiger partial charge in [-0.05, 0) is 60.7 Å². The molecule has 0 amide bonds. The molecule has 7 heteroatoms. The molecule has 1 heterocycles. The first kappa shape index (κ1) is 17.3. The van der Waals surface area contributed by atoms with Crippen molar-refractivity contribution >= 4 is 26.7 Å². The lowest BCUT2D eigenvalue weighted by Gasteiger charge is -2.24. The molecule has 1 aliphatic rings. The third kappa shape index (κ3) is 2.77. The smallest absolute Gasteiger partial charge is 0.268 e. The van der Waals surface area contributed by atoms with Gasteiger partial charge >= 0.3 is 0 Å². The highest BCUT2D eigenvalue weighted by Crippen LogP contribution is 2.35. The summed E-state index contributed by atoms with van der Waals surface area (Å²) in [6.07, 6.45) is 4.95. The van der Waals surface area contributed by atoms with E-state index in [-0.39, 0.29) is 22.1 Å². The second kappa shape index (κ2) is 5.94. The van der Waals surface area contributed by atoms with Gasteiger partial charge in [-0.3, -0.25) is 4.79 Å². The molecule has 1 aromatic heterocycles. The van der Waals surface area contributed by atoms with Gasteiger partial charge < -0.3 is 10.2 Å². The zero-order chi connectivity index (χ0) is 19.2. The standard InChI is InChI=1S/C20H15NO5S/c22-15-5-7-17(8-6-15)27(25,26)21-18-4-2-1-3-14(18)13-19(21)20(24)11-9-16(23)10-12-20/h1-13,22,24H. The van der Waals surface area contributed by atoms with E-state index in [1.807, 2.05) is 0 Å². The van der Waals surface area contributed by atoms with Crippen molar-refractivity contribution in [1.82, 2.24) is 3.97 Å². The molecule has 0 saturated heterocycles. The summed E-state index contributed by atoms with van der Waals surface area (Å²) in [5, 5.41) is 21.1. The van der Waals surface area contributed by atoms with E-state index in [9.17, 15) is 23.4 Å². The Morgan fingerprint density at radius 3 is 2.22 bits per heavy atom. The molecule has 136 valence electrons. The lowest BCUT2D eigenvalue weighted by molar-refractivity contribution is -0.110. The number of allylic oxidation sites excluding steroid dienone is 2. The van der Waals surface area contributed by atoms with Crippen LogP contribution < -0.4 is 0 Å². The van der Waals surface area contributed by atoms with Crippen LogP contribution in [0.3, 0.4) is 0 Å². The highest BCUT2D eigenvalue weighted by atomic mass is 32.2. The van der Waals surface area contributed by atoms with Crippen molar-refractivity contribution in [2.75, 3.05) is 0 Å². The minimum Gasteiger partial charge on any atom is -0.508 e. The normalized spacial score (nSPS) is 16.1. The van der Waals surface area contributed by atoms with Gasteiger partial charge in [0, 0.05) is 5.39 Å². The number of hydrogen-bond acceptors (Lipinski definition) is 5. The molecule has 1 aliphatic carbocycles. The quantitative estimate of drug-likeness (QED) is 0.727. The summed E-state index contributed by atoms with van der Waals surface area (Å²) in [6.45, 7) is 0. The van der Waals surface area contributed by atoms with E-state index < -0.39 is 15.6 Å². The lowest BCUT2D eigenvalue weighted by atomic mass is 9.94. The van der Waals surface area contributed by atoms with Crippen LogP contribution in [0.2, 0.25) is 0 Å². The zero-order valence-electron chi connectivity index (χ0n) is 14.0. The maximum absolute atomic E-state index is 13.3. The van der Waals surface area contributed by atoms with Crippen LogP contribution in [0, 0.1) is 0 Å². The average Bonchev–Trinajstić information content (AvgIpc) is 3.06. The number of ketones is 1. The molecular formula is C20H15NO5S. The van der Waals surface area contributed by atoms with Crippen LogP contribution in [-0.2, 0) is 20.4 Å². The zero-order valence-corrected chi connectivity index (χ0v) is 14.8. The van der Waals surface area contributed by atoms with Gasteiger partial charge in [0.05, 0.1) is 16.1 Å². The van der Waals surface area contributed by atoms with Crippen LogP contribution in [0.5, 0.6) is 5.75 Å². The predicted octanol–water partition coefficient (Wildman–Crippen LogP) is 2.47. The molecule has 2 N–H and O–H groups in total. The summed E-state index contributed by atoms with van der Waals surface area (Å²) in [4.78, 5) is 11.4. The molecule has 2 aromatic carbocycles. The Kier molecular flexibility index (Phi) is 3.80. The molecule has 0 saturated carbocycles.